The molecule has 5 heteroatoms. The highest BCUT2D eigenvalue weighted by atomic mass is 16.6. The van der Waals surface area contributed by atoms with E-state index in [0.29, 0.717) is 13.2 Å². The van der Waals surface area contributed by atoms with E-state index >= 15 is 0 Å². The van der Waals surface area contributed by atoms with Gasteiger partial charge in [-0.05, 0) is 47.5 Å². The van der Waals surface area contributed by atoms with Crippen LogP contribution >= 0.6 is 0 Å². The molecule has 110 valence electrons. The molecule has 1 amide bonds. The summed E-state index contributed by atoms with van der Waals surface area (Å²) in [7, 11) is 0. The number of piperidine rings is 1. The third-order valence-corrected chi connectivity index (χ3v) is 3.21. The molecule has 0 unspecified atom stereocenters. The van der Waals surface area contributed by atoms with Gasteiger partial charge in [0.25, 0.3) is 0 Å². The number of ether oxygens (including phenoxy) is 2. The summed E-state index contributed by atoms with van der Waals surface area (Å²) in [5, 5.41) is 0. The molecular formula is C14H25NO4. The second kappa shape index (κ2) is 6.26. The molecule has 1 aliphatic rings. The van der Waals surface area contributed by atoms with Gasteiger partial charge in [-0.3, -0.25) is 4.79 Å². The molecule has 0 aromatic carbocycles. The summed E-state index contributed by atoms with van der Waals surface area (Å²) >= 11 is 0. The summed E-state index contributed by atoms with van der Waals surface area (Å²) in [5.74, 6) is -0.468. The van der Waals surface area contributed by atoms with Crippen molar-refractivity contribution >= 4 is 12.1 Å². The van der Waals surface area contributed by atoms with Crippen molar-refractivity contribution in [2.75, 3.05) is 13.2 Å². The maximum atomic E-state index is 12.1. The molecule has 0 bridgehead atoms. The van der Waals surface area contributed by atoms with Crippen LogP contribution in [0.25, 0.3) is 0 Å². The van der Waals surface area contributed by atoms with Crippen molar-refractivity contribution in [2.45, 2.75) is 59.1 Å². The van der Waals surface area contributed by atoms with E-state index in [-0.39, 0.29) is 24.0 Å². The van der Waals surface area contributed by atoms with Gasteiger partial charge >= 0.3 is 12.1 Å². The zero-order valence-electron chi connectivity index (χ0n) is 12.6. The minimum atomic E-state index is -0.520. The van der Waals surface area contributed by atoms with E-state index in [9.17, 15) is 9.59 Å². The smallest absolute Gasteiger partial charge is 0.410 e. The number of hydrogen-bond acceptors (Lipinski definition) is 4. The van der Waals surface area contributed by atoms with Gasteiger partial charge in [0.15, 0.2) is 0 Å². The number of amides is 1. The molecule has 0 radical (unpaired) electrons. The van der Waals surface area contributed by atoms with Crippen LogP contribution in [0.1, 0.15) is 47.5 Å². The van der Waals surface area contributed by atoms with Crippen LogP contribution in [0.4, 0.5) is 4.79 Å². The standard InChI is InChI=1S/C14H25NO4/c1-6-18-12(16)11-8-7-9-15(10(11)2)13(17)19-14(3,4)5/h10-11H,6-9H2,1-5H3/t10-,11+/m0/s1. The fraction of sp³-hybridized carbons (Fsp3) is 0.857. The van der Waals surface area contributed by atoms with E-state index in [1.807, 2.05) is 27.7 Å². The Bertz CT molecular complexity index is 335. The van der Waals surface area contributed by atoms with Gasteiger partial charge in [-0.2, -0.15) is 0 Å². The van der Waals surface area contributed by atoms with E-state index in [4.69, 9.17) is 9.47 Å². The lowest BCUT2D eigenvalue weighted by atomic mass is 9.90. The lowest BCUT2D eigenvalue weighted by Gasteiger charge is -2.38. The molecule has 1 heterocycles. The molecule has 5 nitrogen and oxygen atoms in total. The van der Waals surface area contributed by atoms with Crippen LogP contribution in [0.5, 0.6) is 0 Å². The molecule has 0 aromatic heterocycles. The van der Waals surface area contributed by atoms with E-state index in [2.05, 4.69) is 0 Å². The normalized spacial score (nSPS) is 23.9. The van der Waals surface area contributed by atoms with Crippen molar-refractivity contribution in [3.05, 3.63) is 0 Å². The molecule has 1 aliphatic heterocycles. The van der Waals surface area contributed by atoms with Crippen molar-refractivity contribution in [3.63, 3.8) is 0 Å². The maximum Gasteiger partial charge on any atom is 0.410 e. The Morgan fingerprint density at radius 2 is 1.95 bits per heavy atom. The number of carbonyl (C=O) groups excluding carboxylic acids is 2. The van der Waals surface area contributed by atoms with Gasteiger partial charge < -0.3 is 14.4 Å². The predicted octanol–water partition coefficient (Wildman–Crippen LogP) is 2.59. The minimum absolute atomic E-state index is 0.178. The van der Waals surface area contributed by atoms with E-state index in [1.54, 1.807) is 11.8 Å². The lowest BCUT2D eigenvalue weighted by Crippen LogP contribution is -2.50. The Hall–Kier alpha value is -1.26. The first kappa shape index (κ1) is 15.8. The average Bonchev–Trinajstić information content (AvgIpc) is 2.27. The van der Waals surface area contributed by atoms with Gasteiger partial charge in [0.05, 0.1) is 12.5 Å². The molecule has 0 saturated carbocycles. The zero-order chi connectivity index (χ0) is 14.6. The minimum Gasteiger partial charge on any atom is -0.466 e. The van der Waals surface area contributed by atoms with Crippen LogP contribution in [-0.4, -0.2) is 41.8 Å². The highest BCUT2D eigenvalue weighted by Gasteiger charge is 2.37. The Morgan fingerprint density at radius 1 is 1.32 bits per heavy atom. The highest BCUT2D eigenvalue weighted by Crippen LogP contribution is 2.26. The van der Waals surface area contributed by atoms with Gasteiger partial charge in [0.2, 0.25) is 0 Å². The molecule has 1 saturated heterocycles. The van der Waals surface area contributed by atoms with Crippen LogP contribution in [-0.2, 0) is 14.3 Å². The third kappa shape index (κ3) is 4.40. The summed E-state index contributed by atoms with van der Waals surface area (Å²) in [6.07, 6.45) is 1.21. The molecule has 0 N–H and O–H groups in total. The quantitative estimate of drug-likeness (QED) is 0.724. The monoisotopic (exact) mass is 271 g/mol. The summed E-state index contributed by atoms with van der Waals surface area (Å²) in [6, 6.07) is -0.178. The summed E-state index contributed by atoms with van der Waals surface area (Å²) in [5.41, 5.74) is -0.520. The number of esters is 1. The lowest BCUT2D eigenvalue weighted by molar-refractivity contribution is -0.151. The van der Waals surface area contributed by atoms with Crippen LogP contribution in [0.3, 0.4) is 0 Å². The van der Waals surface area contributed by atoms with Crippen molar-refractivity contribution < 1.29 is 19.1 Å². The van der Waals surface area contributed by atoms with Crippen LogP contribution in [0, 0.1) is 5.92 Å². The van der Waals surface area contributed by atoms with Crippen LogP contribution < -0.4 is 0 Å². The SMILES string of the molecule is CCOC(=O)[C@@H]1CCCN(C(=O)OC(C)(C)C)[C@H]1C. The molecular weight excluding hydrogens is 246 g/mol. The Balaban J connectivity index is 2.70. The molecule has 0 aliphatic carbocycles. The first-order valence-electron chi connectivity index (χ1n) is 6.92. The van der Waals surface area contributed by atoms with E-state index in [1.165, 1.54) is 0 Å². The van der Waals surface area contributed by atoms with Crippen LogP contribution in [0.15, 0.2) is 0 Å². The third-order valence-electron chi connectivity index (χ3n) is 3.21. The molecule has 2 atom stereocenters. The Kier molecular flexibility index (Phi) is 5.20. The van der Waals surface area contributed by atoms with Crippen LogP contribution in [0.2, 0.25) is 0 Å². The number of likely N-dealkylation sites (tertiary alicyclic amines) is 1. The average molecular weight is 271 g/mol. The van der Waals surface area contributed by atoms with Gasteiger partial charge in [0.1, 0.15) is 5.60 Å². The summed E-state index contributed by atoms with van der Waals surface area (Å²) < 4.78 is 10.4. The number of hydrogen-bond donors (Lipinski definition) is 0. The van der Waals surface area contributed by atoms with Gasteiger partial charge in [-0.15, -0.1) is 0 Å². The Labute approximate surface area is 115 Å². The number of rotatable bonds is 2. The van der Waals surface area contributed by atoms with Gasteiger partial charge in [-0.1, -0.05) is 0 Å². The van der Waals surface area contributed by atoms with Crippen molar-refractivity contribution in [2.24, 2.45) is 5.92 Å². The van der Waals surface area contributed by atoms with Crippen molar-refractivity contribution in [3.8, 4) is 0 Å². The molecule has 0 aromatic rings. The fourth-order valence-electron chi connectivity index (χ4n) is 2.29. The largest absolute Gasteiger partial charge is 0.466 e. The van der Waals surface area contributed by atoms with E-state index in [0.717, 1.165) is 12.8 Å². The fourth-order valence-corrected chi connectivity index (χ4v) is 2.29. The first-order valence-corrected chi connectivity index (χ1v) is 6.92. The second-order valence-corrected chi connectivity index (χ2v) is 5.92. The molecule has 1 rings (SSSR count). The maximum absolute atomic E-state index is 12.1. The predicted molar refractivity (Wildman–Crippen MR) is 71.8 cm³/mol. The zero-order valence-corrected chi connectivity index (χ0v) is 12.6. The summed E-state index contributed by atoms with van der Waals surface area (Å²) in [4.78, 5) is 25.6. The van der Waals surface area contributed by atoms with Gasteiger partial charge in [-0.25, -0.2) is 4.79 Å². The topological polar surface area (TPSA) is 55.8 Å². The second-order valence-electron chi connectivity index (χ2n) is 5.92. The molecule has 19 heavy (non-hydrogen) atoms. The molecule has 0 spiro atoms. The highest BCUT2D eigenvalue weighted by molar-refractivity contribution is 5.75. The number of nitrogens with zero attached hydrogens (tertiary/aromatic N) is 1. The molecule has 1 fully saturated rings. The van der Waals surface area contributed by atoms with Crippen molar-refractivity contribution in [1.82, 2.24) is 4.90 Å². The van der Waals surface area contributed by atoms with Gasteiger partial charge in [0, 0.05) is 12.6 Å². The van der Waals surface area contributed by atoms with Crippen molar-refractivity contribution in [1.29, 1.82) is 0 Å². The summed E-state index contributed by atoms with van der Waals surface area (Å²) in [6.45, 7) is 10.2. The first-order chi connectivity index (χ1) is 8.76. The number of carbonyl (C=O) groups is 2. The Morgan fingerprint density at radius 3 is 2.47 bits per heavy atom. The van der Waals surface area contributed by atoms with E-state index < -0.39 is 5.60 Å².